The summed E-state index contributed by atoms with van der Waals surface area (Å²) < 4.78 is 36.5. The molecule has 0 bridgehead atoms. The third-order valence-corrected chi connectivity index (χ3v) is 8.57. The smallest absolute Gasteiger partial charge is 0.381 e. The molecule has 11 heteroatoms. The molecule has 0 saturated carbocycles. The van der Waals surface area contributed by atoms with Gasteiger partial charge in [0.25, 0.3) is 0 Å². The Morgan fingerprint density at radius 3 is 1.47 bits per heavy atom. The molecule has 0 radical (unpaired) electrons. The molecule has 0 saturated heterocycles. The van der Waals surface area contributed by atoms with E-state index in [4.69, 9.17) is 24.3 Å². The monoisotopic (exact) mass is 558 g/mol. The summed E-state index contributed by atoms with van der Waals surface area (Å²) in [7, 11) is -8.77. The highest BCUT2D eigenvalue weighted by Crippen LogP contribution is 2.40. The van der Waals surface area contributed by atoms with Crippen molar-refractivity contribution in [2.45, 2.75) is 111 Å². The van der Waals surface area contributed by atoms with Crippen LogP contribution in [0.3, 0.4) is 0 Å². The van der Waals surface area contributed by atoms with Gasteiger partial charge in [-0.25, -0.2) is 9.13 Å². The fourth-order valence-corrected chi connectivity index (χ4v) is 5.52. The average Bonchev–Trinajstić information content (AvgIpc) is 2.81. The number of ether oxygens (including phenoxy) is 1. The summed E-state index contributed by atoms with van der Waals surface area (Å²) in [4.78, 5) is 35.2. The molecule has 36 heavy (non-hydrogen) atoms. The average molecular weight is 559 g/mol. The lowest BCUT2D eigenvalue weighted by Crippen LogP contribution is -2.19. The van der Waals surface area contributed by atoms with Crippen LogP contribution in [0.2, 0.25) is 0 Å². The Hall–Kier alpha value is -0.0800. The summed E-state index contributed by atoms with van der Waals surface area (Å²) in [6, 6.07) is 0. The molecule has 4 N–H and O–H groups in total. The zero-order valence-electron chi connectivity index (χ0n) is 22.7. The van der Waals surface area contributed by atoms with Gasteiger partial charge in [-0.15, -0.1) is 6.58 Å². The molecule has 1 atom stereocenters. The number of phosphoric acid groups is 2. The predicted molar refractivity (Wildman–Crippen MR) is 144 cm³/mol. The van der Waals surface area contributed by atoms with E-state index in [1.807, 2.05) is 6.08 Å². The first-order valence-electron chi connectivity index (χ1n) is 13.5. The summed E-state index contributed by atoms with van der Waals surface area (Å²) in [5, 5.41) is 0. The lowest BCUT2D eigenvalue weighted by atomic mass is 9.74. The van der Waals surface area contributed by atoms with E-state index >= 15 is 0 Å². The van der Waals surface area contributed by atoms with Gasteiger partial charge in [-0.2, -0.15) is 0 Å². The van der Waals surface area contributed by atoms with Crippen LogP contribution in [0.25, 0.3) is 0 Å². The lowest BCUT2D eigenvalue weighted by molar-refractivity contribution is 0.115. The second-order valence-corrected chi connectivity index (χ2v) is 12.3. The van der Waals surface area contributed by atoms with E-state index in [9.17, 15) is 9.13 Å². The summed E-state index contributed by atoms with van der Waals surface area (Å²) in [5.41, 5.74) is 0.233. The van der Waals surface area contributed by atoms with Gasteiger partial charge in [-0.1, -0.05) is 59.0 Å². The van der Waals surface area contributed by atoms with Crippen molar-refractivity contribution in [1.29, 1.82) is 0 Å². The zero-order chi connectivity index (χ0) is 27.6. The van der Waals surface area contributed by atoms with E-state index in [1.54, 1.807) is 0 Å². The minimum Gasteiger partial charge on any atom is -0.381 e. The predicted octanol–water partition coefficient (Wildman–Crippen LogP) is 6.90. The van der Waals surface area contributed by atoms with Gasteiger partial charge in [0.1, 0.15) is 0 Å². The molecule has 1 unspecified atom stereocenters. The maximum absolute atomic E-state index is 10.8. The summed E-state index contributed by atoms with van der Waals surface area (Å²) in [6.45, 7) is 12.2. The van der Waals surface area contributed by atoms with Crippen LogP contribution in [-0.4, -0.2) is 46.0 Å². The Balaban J connectivity index is 4.07. The highest BCUT2D eigenvalue weighted by molar-refractivity contribution is 7.46. The Morgan fingerprint density at radius 2 is 1.06 bits per heavy atom. The van der Waals surface area contributed by atoms with Gasteiger partial charge in [0.05, 0.1) is 13.2 Å². The molecule has 216 valence electrons. The SMILES string of the molecule is C=CC(CC)(CCCCOCCCCC(CC)(CC)CCCCOP(=O)(O)O)CCCOP(=O)(O)O. The highest BCUT2D eigenvalue weighted by Gasteiger charge is 2.26. The number of phosphoric ester groups is 2. The number of allylic oxidation sites excluding steroid dienone is 1. The van der Waals surface area contributed by atoms with Crippen LogP contribution in [0.15, 0.2) is 12.7 Å². The first kappa shape index (κ1) is 35.9. The number of rotatable bonds is 25. The Labute approximate surface area is 218 Å². The van der Waals surface area contributed by atoms with Gasteiger partial charge in [-0.3, -0.25) is 9.05 Å². The molecule has 0 heterocycles. The Morgan fingerprint density at radius 1 is 0.639 bits per heavy atom. The number of unbranched alkanes of at least 4 members (excludes halogenated alkanes) is 3. The van der Waals surface area contributed by atoms with Gasteiger partial charge in [-0.05, 0) is 68.6 Å². The van der Waals surface area contributed by atoms with Crippen molar-refractivity contribution in [3.63, 3.8) is 0 Å². The maximum Gasteiger partial charge on any atom is 0.469 e. The molecule has 0 aliphatic heterocycles. The molecule has 0 aromatic heterocycles. The van der Waals surface area contributed by atoms with E-state index in [0.717, 1.165) is 90.3 Å². The normalized spacial score (nSPS) is 14.6. The minimum absolute atomic E-state index is 0.0378. The molecule has 0 amide bonds. The summed E-state index contributed by atoms with van der Waals surface area (Å²) >= 11 is 0. The van der Waals surface area contributed by atoms with Gasteiger partial charge in [0.2, 0.25) is 0 Å². The molecular weight excluding hydrogens is 506 g/mol. The molecule has 0 fully saturated rings. The van der Waals surface area contributed by atoms with Gasteiger partial charge in [0, 0.05) is 13.2 Å². The third-order valence-electron chi connectivity index (χ3n) is 7.54. The first-order chi connectivity index (χ1) is 16.9. The second-order valence-electron chi connectivity index (χ2n) is 9.86. The molecule has 0 aliphatic rings. The van der Waals surface area contributed by atoms with Crippen LogP contribution in [0.5, 0.6) is 0 Å². The molecule has 9 nitrogen and oxygen atoms in total. The van der Waals surface area contributed by atoms with Gasteiger partial charge in [0.15, 0.2) is 0 Å². The van der Waals surface area contributed by atoms with Crippen LogP contribution < -0.4 is 0 Å². The molecule has 0 aromatic rings. The summed E-state index contributed by atoms with van der Waals surface area (Å²) in [5.74, 6) is 0. The molecular formula is C25H52O9P2. The quantitative estimate of drug-likeness (QED) is 0.0534. The fraction of sp³-hybridized carbons (Fsp3) is 0.920. The standard InChI is InChI=1S/C25H52O9P2/c1-5-24(6-2,18-11-14-22-33-35(26,27)28)16-9-12-20-32-21-13-10-17-25(7-3,8-4)19-15-23-34-36(29,30)31/h7H,3,5-6,8-23H2,1-2,4H3,(H2,26,27,28)(H2,29,30,31). The van der Waals surface area contributed by atoms with E-state index in [-0.39, 0.29) is 24.0 Å². The van der Waals surface area contributed by atoms with Crippen LogP contribution in [0.1, 0.15) is 111 Å². The third kappa shape index (κ3) is 18.2. The maximum atomic E-state index is 10.8. The van der Waals surface area contributed by atoms with Crippen molar-refractivity contribution in [1.82, 2.24) is 0 Å². The highest BCUT2D eigenvalue weighted by atomic mass is 31.2. The van der Waals surface area contributed by atoms with Gasteiger partial charge < -0.3 is 24.3 Å². The van der Waals surface area contributed by atoms with Crippen molar-refractivity contribution < 1.29 is 42.5 Å². The van der Waals surface area contributed by atoms with Crippen LogP contribution in [-0.2, 0) is 22.9 Å². The van der Waals surface area contributed by atoms with Crippen molar-refractivity contribution >= 4 is 15.6 Å². The number of hydrogen-bond donors (Lipinski definition) is 4. The van der Waals surface area contributed by atoms with E-state index in [0.29, 0.717) is 12.8 Å². The minimum atomic E-state index is -4.40. The molecule has 0 spiro atoms. The zero-order valence-corrected chi connectivity index (χ0v) is 24.5. The van der Waals surface area contributed by atoms with Crippen LogP contribution in [0.4, 0.5) is 0 Å². The first-order valence-corrected chi connectivity index (χ1v) is 16.5. The number of hydrogen-bond acceptors (Lipinski definition) is 5. The van der Waals surface area contributed by atoms with Crippen LogP contribution >= 0.6 is 15.6 Å². The second kappa shape index (κ2) is 19.1. The Kier molecular flexibility index (Phi) is 19.0. The van der Waals surface area contributed by atoms with Crippen molar-refractivity contribution in [2.24, 2.45) is 10.8 Å². The molecule has 0 rings (SSSR count). The largest absolute Gasteiger partial charge is 0.469 e. The van der Waals surface area contributed by atoms with Crippen molar-refractivity contribution in [3.05, 3.63) is 12.7 Å². The van der Waals surface area contributed by atoms with E-state index in [1.165, 1.54) is 0 Å². The molecule has 0 aromatic carbocycles. The van der Waals surface area contributed by atoms with E-state index in [2.05, 4.69) is 36.4 Å². The fourth-order valence-electron chi connectivity index (χ4n) is 4.79. The van der Waals surface area contributed by atoms with Crippen molar-refractivity contribution in [2.75, 3.05) is 26.4 Å². The van der Waals surface area contributed by atoms with Gasteiger partial charge >= 0.3 is 15.6 Å². The van der Waals surface area contributed by atoms with Crippen molar-refractivity contribution in [3.8, 4) is 0 Å². The topological polar surface area (TPSA) is 143 Å². The summed E-state index contributed by atoms with van der Waals surface area (Å²) in [6.07, 6.45) is 15.3. The lowest BCUT2D eigenvalue weighted by Gasteiger charge is -2.32. The molecule has 0 aliphatic carbocycles. The Bertz CT molecular complexity index is 658. The van der Waals surface area contributed by atoms with Crippen LogP contribution in [0, 0.1) is 10.8 Å². The van der Waals surface area contributed by atoms with E-state index < -0.39 is 15.6 Å².